The van der Waals surface area contributed by atoms with Crippen molar-refractivity contribution in [2.75, 3.05) is 0 Å². The van der Waals surface area contributed by atoms with Crippen LogP contribution in [0.4, 0.5) is 0 Å². The molecule has 0 aliphatic carbocycles. The summed E-state index contributed by atoms with van der Waals surface area (Å²) in [6, 6.07) is 10.0. The first-order valence-corrected chi connectivity index (χ1v) is 6.57. The van der Waals surface area contributed by atoms with Gasteiger partial charge in [-0.15, -0.1) is 0 Å². The van der Waals surface area contributed by atoms with Crippen molar-refractivity contribution in [3.8, 4) is 5.75 Å². The van der Waals surface area contributed by atoms with Crippen LogP contribution in [0.2, 0.25) is 0 Å². The van der Waals surface area contributed by atoms with Gasteiger partial charge in [0.15, 0.2) is 0 Å². The van der Waals surface area contributed by atoms with Crippen LogP contribution in [0.15, 0.2) is 34.9 Å². The molecular formula is C15H20N2O2. The quantitative estimate of drug-likeness (QED) is 0.867. The minimum Gasteiger partial charge on any atom is -0.487 e. The molecule has 0 saturated carbocycles. The molecule has 0 fully saturated rings. The van der Waals surface area contributed by atoms with Gasteiger partial charge in [0, 0.05) is 12.1 Å². The van der Waals surface area contributed by atoms with Crippen molar-refractivity contribution in [1.29, 1.82) is 0 Å². The Labute approximate surface area is 113 Å². The fourth-order valence-electron chi connectivity index (χ4n) is 1.88. The van der Waals surface area contributed by atoms with Gasteiger partial charge in [0.1, 0.15) is 23.8 Å². The highest BCUT2D eigenvalue weighted by Crippen LogP contribution is 2.21. The molecule has 0 aliphatic rings. The highest BCUT2D eigenvalue weighted by molar-refractivity contribution is 5.34. The van der Waals surface area contributed by atoms with E-state index in [2.05, 4.69) is 18.1 Å². The third-order valence-electron chi connectivity index (χ3n) is 3.03. The number of hydrogen-bond acceptors (Lipinski definition) is 4. The number of aromatic nitrogens is 1. The van der Waals surface area contributed by atoms with Crippen molar-refractivity contribution in [2.45, 2.75) is 39.3 Å². The zero-order chi connectivity index (χ0) is 13.7. The van der Waals surface area contributed by atoms with Crippen molar-refractivity contribution in [3.63, 3.8) is 0 Å². The summed E-state index contributed by atoms with van der Waals surface area (Å²) in [7, 11) is 0. The number of aryl methyl sites for hydroxylation is 1. The second-order valence-corrected chi connectivity index (χ2v) is 4.70. The molecule has 0 amide bonds. The molecule has 1 heterocycles. The smallest absolute Gasteiger partial charge is 0.134 e. The molecule has 0 spiro atoms. The Hall–Kier alpha value is -1.81. The van der Waals surface area contributed by atoms with Crippen LogP contribution >= 0.6 is 0 Å². The maximum absolute atomic E-state index is 6.00. The standard InChI is InChI=1S/C15H20N2O2/c1-3-13(16)9-12-6-4-5-7-15(12)18-10-14-8-11(2)19-17-14/h4-8,13H,3,9-10,16H2,1-2H3. The summed E-state index contributed by atoms with van der Waals surface area (Å²) >= 11 is 0. The molecule has 1 unspecified atom stereocenters. The third-order valence-corrected chi connectivity index (χ3v) is 3.03. The van der Waals surface area contributed by atoms with E-state index in [0.29, 0.717) is 6.61 Å². The molecule has 0 bridgehead atoms. The van der Waals surface area contributed by atoms with Crippen molar-refractivity contribution in [2.24, 2.45) is 5.73 Å². The molecule has 19 heavy (non-hydrogen) atoms. The van der Waals surface area contributed by atoms with Crippen molar-refractivity contribution >= 4 is 0 Å². The molecule has 0 saturated heterocycles. The zero-order valence-electron chi connectivity index (χ0n) is 11.4. The highest BCUT2D eigenvalue weighted by Gasteiger charge is 2.08. The Morgan fingerprint density at radius 2 is 2.16 bits per heavy atom. The van der Waals surface area contributed by atoms with Crippen LogP contribution in [0.3, 0.4) is 0 Å². The van der Waals surface area contributed by atoms with Crippen molar-refractivity contribution < 1.29 is 9.26 Å². The summed E-state index contributed by atoms with van der Waals surface area (Å²) in [6.07, 6.45) is 1.78. The Bertz CT molecular complexity index is 522. The average Bonchev–Trinajstić information content (AvgIpc) is 2.83. The van der Waals surface area contributed by atoms with Gasteiger partial charge in [-0.25, -0.2) is 0 Å². The van der Waals surface area contributed by atoms with Gasteiger partial charge in [-0.2, -0.15) is 0 Å². The van der Waals surface area contributed by atoms with E-state index in [9.17, 15) is 0 Å². The van der Waals surface area contributed by atoms with E-state index in [1.54, 1.807) is 0 Å². The summed E-state index contributed by atoms with van der Waals surface area (Å²) in [5.74, 6) is 1.66. The molecule has 0 aliphatic heterocycles. The van der Waals surface area contributed by atoms with E-state index in [0.717, 1.165) is 35.6 Å². The first kappa shape index (κ1) is 13.6. The molecular weight excluding hydrogens is 240 g/mol. The Morgan fingerprint density at radius 3 is 2.84 bits per heavy atom. The van der Waals surface area contributed by atoms with Crippen LogP contribution in [-0.4, -0.2) is 11.2 Å². The summed E-state index contributed by atoms with van der Waals surface area (Å²) in [6.45, 7) is 4.37. The van der Waals surface area contributed by atoms with Crippen LogP contribution in [0.25, 0.3) is 0 Å². The monoisotopic (exact) mass is 260 g/mol. The summed E-state index contributed by atoms with van der Waals surface area (Å²) in [4.78, 5) is 0. The number of hydrogen-bond donors (Lipinski definition) is 1. The van der Waals surface area contributed by atoms with E-state index in [-0.39, 0.29) is 6.04 Å². The predicted octanol–water partition coefficient (Wildman–Crippen LogP) is 2.84. The van der Waals surface area contributed by atoms with E-state index < -0.39 is 0 Å². The van der Waals surface area contributed by atoms with Crippen LogP contribution in [0.5, 0.6) is 5.75 Å². The molecule has 1 aromatic carbocycles. The number of benzene rings is 1. The number of ether oxygens (including phenoxy) is 1. The van der Waals surface area contributed by atoms with E-state index in [1.807, 2.05) is 31.2 Å². The molecule has 1 atom stereocenters. The normalized spacial score (nSPS) is 12.4. The molecule has 2 aromatic rings. The van der Waals surface area contributed by atoms with Crippen LogP contribution < -0.4 is 10.5 Å². The maximum atomic E-state index is 6.00. The first-order chi connectivity index (χ1) is 9.19. The van der Waals surface area contributed by atoms with Gasteiger partial charge in [0.25, 0.3) is 0 Å². The minimum absolute atomic E-state index is 0.166. The van der Waals surface area contributed by atoms with Gasteiger partial charge in [0.2, 0.25) is 0 Å². The number of rotatable bonds is 6. The van der Waals surface area contributed by atoms with Gasteiger partial charge in [-0.05, 0) is 31.4 Å². The van der Waals surface area contributed by atoms with E-state index in [4.69, 9.17) is 15.0 Å². The van der Waals surface area contributed by atoms with Gasteiger partial charge >= 0.3 is 0 Å². The first-order valence-electron chi connectivity index (χ1n) is 6.57. The van der Waals surface area contributed by atoms with E-state index in [1.165, 1.54) is 0 Å². The largest absolute Gasteiger partial charge is 0.487 e. The molecule has 0 radical (unpaired) electrons. The summed E-state index contributed by atoms with van der Waals surface area (Å²) < 4.78 is 10.8. The lowest BCUT2D eigenvalue weighted by atomic mass is 10.0. The van der Waals surface area contributed by atoms with Crippen LogP contribution in [0.1, 0.15) is 30.4 Å². The molecule has 4 heteroatoms. The van der Waals surface area contributed by atoms with Crippen LogP contribution in [-0.2, 0) is 13.0 Å². The lowest BCUT2D eigenvalue weighted by Gasteiger charge is -2.13. The Kier molecular flexibility index (Phi) is 4.58. The maximum Gasteiger partial charge on any atom is 0.134 e. The Morgan fingerprint density at radius 1 is 1.37 bits per heavy atom. The van der Waals surface area contributed by atoms with Gasteiger partial charge in [-0.1, -0.05) is 30.3 Å². The Balaban J connectivity index is 2.03. The molecule has 102 valence electrons. The fourth-order valence-corrected chi connectivity index (χ4v) is 1.88. The van der Waals surface area contributed by atoms with E-state index >= 15 is 0 Å². The van der Waals surface area contributed by atoms with Crippen LogP contribution in [0, 0.1) is 6.92 Å². The number of para-hydroxylation sites is 1. The zero-order valence-corrected chi connectivity index (χ0v) is 11.4. The SMILES string of the molecule is CCC(N)Cc1ccccc1OCc1cc(C)on1. The number of nitrogens with two attached hydrogens (primary N) is 1. The topological polar surface area (TPSA) is 61.3 Å². The van der Waals surface area contributed by atoms with Crippen molar-refractivity contribution in [3.05, 3.63) is 47.3 Å². The lowest BCUT2D eigenvalue weighted by Crippen LogP contribution is -2.21. The third kappa shape index (κ3) is 3.83. The summed E-state index contributed by atoms with van der Waals surface area (Å²) in [5, 5.41) is 3.91. The average molecular weight is 260 g/mol. The highest BCUT2D eigenvalue weighted by atomic mass is 16.5. The molecule has 2 rings (SSSR count). The second-order valence-electron chi connectivity index (χ2n) is 4.70. The molecule has 1 aromatic heterocycles. The second kappa shape index (κ2) is 6.38. The lowest BCUT2D eigenvalue weighted by molar-refractivity contribution is 0.284. The van der Waals surface area contributed by atoms with Gasteiger partial charge < -0.3 is 15.0 Å². The predicted molar refractivity (Wildman–Crippen MR) is 74.0 cm³/mol. The minimum atomic E-state index is 0.166. The summed E-state index contributed by atoms with van der Waals surface area (Å²) in [5.41, 5.74) is 7.94. The van der Waals surface area contributed by atoms with Crippen molar-refractivity contribution in [1.82, 2.24) is 5.16 Å². The fraction of sp³-hybridized carbons (Fsp3) is 0.400. The van der Waals surface area contributed by atoms with Gasteiger partial charge in [-0.3, -0.25) is 0 Å². The molecule has 2 N–H and O–H groups in total. The number of nitrogens with zero attached hydrogens (tertiary/aromatic N) is 1. The molecule has 4 nitrogen and oxygen atoms in total. The van der Waals surface area contributed by atoms with Gasteiger partial charge in [0.05, 0.1) is 0 Å².